The average molecular weight is 280 g/mol. The Hall–Kier alpha value is -1.26. The van der Waals surface area contributed by atoms with Gasteiger partial charge in [0, 0.05) is 13.1 Å². The fourth-order valence-corrected chi connectivity index (χ4v) is 3.73. The molecule has 3 rings (SSSR count). The van der Waals surface area contributed by atoms with Crippen molar-refractivity contribution >= 4 is 12.0 Å². The Bertz CT molecular complexity index is 402. The molecule has 112 valence electrons. The number of nitrogens with one attached hydrogen (secondary N) is 2. The summed E-state index contributed by atoms with van der Waals surface area (Å²) in [6.45, 7) is 1.27. The Kier molecular flexibility index (Phi) is 3.61. The van der Waals surface area contributed by atoms with E-state index in [1.807, 2.05) is 0 Å². The van der Waals surface area contributed by atoms with Crippen LogP contribution in [0.25, 0.3) is 0 Å². The van der Waals surface area contributed by atoms with E-state index in [0.717, 1.165) is 31.7 Å². The van der Waals surface area contributed by atoms with Crippen LogP contribution < -0.4 is 10.6 Å². The smallest absolute Gasteiger partial charge is 0.314 e. The van der Waals surface area contributed by atoms with Crippen LogP contribution in [0.1, 0.15) is 44.9 Å². The van der Waals surface area contributed by atoms with Gasteiger partial charge in [0.2, 0.25) is 0 Å². The number of urea groups is 1. The van der Waals surface area contributed by atoms with Gasteiger partial charge in [0.15, 0.2) is 0 Å². The second-order valence-electron chi connectivity index (χ2n) is 6.84. The molecular weight excluding hydrogens is 256 g/mol. The van der Waals surface area contributed by atoms with Crippen molar-refractivity contribution in [3.63, 3.8) is 0 Å². The van der Waals surface area contributed by atoms with E-state index in [1.165, 1.54) is 25.7 Å². The largest absolute Gasteiger partial charge is 0.481 e. The van der Waals surface area contributed by atoms with Crippen molar-refractivity contribution in [3.05, 3.63) is 0 Å². The Morgan fingerprint density at radius 3 is 2.45 bits per heavy atom. The summed E-state index contributed by atoms with van der Waals surface area (Å²) in [6, 6.07) is -0.132. The van der Waals surface area contributed by atoms with Gasteiger partial charge < -0.3 is 15.7 Å². The Morgan fingerprint density at radius 1 is 1.10 bits per heavy atom. The predicted octanol–water partition coefficient (Wildman–Crippen LogP) is 1.98. The van der Waals surface area contributed by atoms with Crippen LogP contribution in [0.3, 0.4) is 0 Å². The van der Waals surface area contributed by atoms with E-state index in [-0.39, 0.29) is 17.9 Å². The average Bonchev–Trinajstić information content (AvgIpc) is 3.31. The molecule has 0 aromatic carbocycles. The van der Waals surface area contributed by atoms with Crippen LogP contribution in [0, 0.1) is 23.2 Å². The maximum absolute atomic E-state index is 11.8. The first-order valence-electron chi connectivity index (χ1n) is 7.85. The Morgan fingerprint density at radius 2 is 1.85 bits per heavy atom. The third kappa shape index (κ3) is 2.91. The number of carboxylic acid groups (broad SMARTS) is 1. The van der Waals surface area contributed by atoms with E-state index in [1.54, 1.807) is 0 Å². The topological polar surface area (TPSA) is 78.4 Å². The van der Waals surface area contributed by atoms with Gasteiger partial charge in [0.05, 0.1) is 5.92 Å². The fourth-order valence-electron chi connectivity index (χ4n) is 3.73. The van der Waals surface area contributed by atoms with E-state index in [0.29, 0.717) is 12.0 Å². The number of aliphatic carboxylic acids is 1. The highest BCUT2D eigenvalue weighted by Crippen LogP contribution is 2.60. The van der Waals surface area contributed by atoms with E-state index in [2.05, 4.69) is 10.6 Å². The minimum absolute atomic E-state index is 0.0940. The maximum atomic E-state index is 11.8. The van der Waals surface area contributed by atoms with Gasteiger partial charge in [0.1, 0.15) is 0 Å². The lowest BCUT2D eigenvalue weighted by Gasteiger charge is -2.18. The van der Waals surface area contributed by atoms with Gasteiger partial charge in [-0.1, -0.05) is 6.42 Å². The van der Waals surface area contributed by atoms with Crippen LogP contribution in [-0.4, -0.2) is 30.2 Å². The van der Waals surface area contributed by atoms with E-state index >= 15 is 0 Å². The molecule has 0 heterocycles. The zero-order chi connectivity index (χ0) is 14.2. The third-order valence-corrected chi connectivity index (χ3v) is 5.44. The number of hydrogen-bond acceptors (Lipinski definition) is 2. The van der Waals surface area contributed by atoms with E-state index in [4.69, 9.17) is 5.11 Å². The standard InChI is InChI=1S/C15H24N2O3/c18-13(19)12-3-1-2-10(12)8-16-14(20)17-9-15(6-7-15)11-4-5-11/h10-12H,1-9H2,(H,18,19)(H2,16,17,20). The van der Waals surface area contributed by atoms with Crippen LogP contribution in [0.4, 0.5) is 4.79 Å². The van der Waals surface area contributed by atoms with Crippen molar-refractivity contribution in [2.75, 3.05) is 13.1 Å². The summed E-state index contributed by atoms with van der Waals surface area (Å²) in [5.74, 6) is -0.0671. The molecule has 3 aliphatic rings. The van der Waals surface area contributed by atoms with Crippen molar-refractivity contribution in [1.82, 2.24) is 10.6 Å². The lowest BCUT2D eigenvalue weighted by Crippen LogP contribution is -2.42. The number of hydrogen-bond donors (Lipinski definition) is 3. The van der Waals surface area contributed by atoms with Crippen LogP contribution in [0.2, 0.25) is 0 Å². The summed E-state index contributed by atoms with van der Waals surface area (Å²) in [4.78, 5) is 22.9. The monoisotopic (exact) mass is 280 g/mol. The van der Waals surface area contributed by atoms with Crippen LogP contribution >= 0.6 is 0 Å². The Labute approximate surface area is 119 Å². The van der Waals surface area contributed by atoms with Gasteiger partial charge in [-0.2, -0.15) is 0 Å². The van der Waals surface area contributed by atoms with Gasteiger partial charge in [-0.15, -0.1) is 0 Å². The first kappa shape index (κ1) is 13.7. The summed E-state index contributed by atoms with van der Waals surface area (Å²) < 4.78 is 0. The number of amides is 2. The number of rotatable bonds is 6. The van der Waals surface area contributed by atoms with E-state index in [9.17, 15) is 9.59 Å². The quantitative estimate of drug-likeness (QED) is 0.696. The molecule has 0 aromatic rings. The van der Waals surface area contributed by atoms with Gasteiger partial charge >= 0.3 is 12.0 Å². The molecule has 0 saturated heterocycles. The molecule has 3 fully saturated rings. The summed E-state index contributed by atoms with van der Waals surface area (Å²) in [5.41, 5.74) is 0.411. The fraction of sp³-hybridized carbons (Fsp3) is 0.867. The highest BCUT2D eigenvalue weighted by molar-refractivity contribution is 5.74. The first-order valence-corrected chi connectivity index (χ1v) is 7.85. The summed E-state index contributed by atoms with van der Waals surface area (Å²) in [5, 5.41) is 14.9. The lowest BCUT2D eigenvalue weighted by atomic mass is 9.96. The number of carbonyl (C=O) groups excluding carboxylic acids is 1. The molecular formula is C15H24N2O3. The maximum Gasteiger partial charge on any atom is 0.314 e. The van der Waals surface area contributed by atoms with E-state index < -0.39 is 5.97 Å². The van der Waals surface area contributed by atoms with Gasteiger partial charge in [0.25, 0.3) is 0 Å². The molecule has 0 aliphatic heterocycles. The molecule has 3 N–H and O–H groups in total. The zero-order valence-electron chi connectivity index (χ0n) is 11.9. The van der Waals surface area contributed by atoms with Gasteiger partial charge in [-0.3, -0.25) is 4.79 Å². The van der Waals surface area contributed by atoms with Crippen LogP contribution in [-0.2, 0) is 4.79 Å². The third-order valence-electron chi connectivity index (χ3n) is 5.44. The normalized spacial score (nSPS) is 30.8. The lowest BCUT2D eigenvalue weighted by molar-refractivity contribution is -0.142. The molecule has 3 aliphatic carbocycles. The Balaban J connectivity index is 1.37. The van der Waals surface area contributed by atoms with Crippen molar-refractivity contribution in [3.8, 4) is 0 Å². The molecule has 0 spiro atoms. The molecule has 2 atom stereocenters. The molecule has 2 amide bonds. The number of carboxylic acids is 1. The summed E-state index contributed by atoms with van der Waals surface area (Å²) in [6.07, 6.45) is 7.76. The summed E-state index contributed by atoms with van der Waals surface area (Å²) >= 11 is 0. The van der Waals surface area contributed by atoms with Crippen LogP contribution in [0.15, 0.2) is 0 Å². The summed E-state index contributed by atoms with van der Waals surface area (Å²) in [7, 11) is 0. The van der Waals surface area contributed by atoms with Gasteiger partial charge in [-0.05, 0) is 55.8 Å². The molecule has 3 saturated carbocycles. The van der Waals surface area contributed by atoms with Crippen molar-refractivity contribution < 1.29 is 14.7 Å². The second kappa shape index (κ2) is 5.26. The predicted molar refractivity (Wildman–Crippen MR) is 74.3 cm³/mol. The molecule has 0 radical (unpaired) electrons. The molecule has 5 heteroatoms. The molecule has 0 aromatic heterocycles. The minimum atomic E-state index is -0.722. The molecule has 5 nitrogen and oxygen atoms in total. The SMILES string of the molecule is O=C(NCC1CCCC1C(=O)O)NCC1(C2CC2)CC1. The highest BCUT2D eigenvalue weighted by atomic mass is 16.4. The minimum Gasteiger partial charge on any atom is -0.481 e. The molecule has 2 unspecified atom stereocenters. The van der Waals surface area contributed by atoms with Crippen molar-refractivity contribution in [1.29, 1.82) is 0 Å². The second-order valence-corrected chi connectivity index (χ2v) is 6.84. The van der Waals surface area contributed by atoms with Crippen LogP contribution in [0.5, 0.6) is 0 Å². The highest BCUT2D eigenvalue weighted by Gasteiger charge is 2.53. The van der Waals surface area contributed by atoms with Gasteiger partial charge in [-0.25, -0.2) is 4.79 Å². The van der Waals surface area contributed by atoms with Crippen molar-refractivity contribution in [2.24, 2.45) is 23.2 Å². The first-order chi connectivity index (χ1) is 9.61. The van der Waals surface area contributed by atoms with Crippen molar-refractivity contribution in [2.45, 2.75) is 44.9 Å². The number of carbonyl (C=O) groups is 2. The zero-order valence-corrected chi connectivity index (χ0v) is 11.9. The molecule has 0 bridgehead atoms. The molecule has 20 heavy (non-hydrogen) atoms.